The molecule has 8 nitrogen and oxygen atoms in total. The molecule has 2 aromatic carbocycles. The molecular formula is C28H31N3O5. The lowest BCUT2D eigenvalue weighted by atomic mass is 9.83. The molecule has 0 spiro atoms. The fourth-order valence-electron chi connectivity index (χ4n) is 5.49. The van der Waals surface area contributed by atoms with Crippen molar-refractivity contribution < 1.29 is 23.8 Å². The van der Waals surface area contributed by atoms with Crippen molar-refractivity contribution in [2.24, 2.45) is 5.92 Å². The first-order valence-electron chi connectivity index (χ1n) is 12.0. The van der Waals surface area contributed by atoms with Crippen LogP contribution < -0.4 is 19.5 Å². The summed E-state index contributed by atoms with van der Waals surface area (Å²) in [5.74, 6) is 0.832. The molecule has 188 valence electrons. The number of carbonyl (C=O) groups is 2. The number of aromatic nitrogens is 1. The normalized spacial score (nSPS) is 16.8. The van der Waals surface area contributed by atoms with Gasteiger partial charge in [0, 0.05) is 47.9 Å². The summed E-state index contributed by atoms with van der Waals surface area (Å²) in [4.78, 5) is 27.4. The largest absolute Gasteiger partial charge is 0.493 e. The van der Waals surface area contributed by atoms with E-state index in [1.54, 1.807) is 21.3 Å². The Morgan fingerprint density at radius 1 is 1.06 bits per heavy atom. The number of carbonyl (C=O) groups excluding carboxylic acids is 2. The van der Waals surface area contributed by atoms with Crippen LogP contribution in [-0.4, -0.2) is 49.2 Å². The molecule has 0 radical (unpaired) electrons. The number of rotatable bonds is 6. The van der Waals surface area contributed by atoms with Gasteiger partial charge >= 0.3 is 0 Å². The number of imide groups is 1. The minimum Gasteiger partial charge on any atom is -0.493 e. The molecule has 36 heavy (non-hydrogen) atoms. The van der Waals surface area contributed by atoms with Gasteiger partial charge in [0.15, 0.2) is 11.5 Å². The summed E-state index contributed by atoms with van der Waals surface area (Å²) in [6.07, 6.45) is 2.14. The van der Waals surface area contributed by atoms with Crippen molar-refractivity contribution in [3.05, 3.63) is 58.9 Å². The number of amides is 2. The van der Waals surface area contributed by atoms with Crippen molar-refractivity contribution in [1.82, 2.24) is 9.47 Å². The van der Waals surface area contributed by atoms with E-state index in [1.165, 1.54) is 11.8 Å². The molecule has 1 atom stereocenters. The number of ether oxygens (including phenoxy) is 3. The first kappa shape index (κ1) is 23.8. The van der Waals surface area contributed by atoms with Crippen molar-refractivity contribution in [2.45, 2.75) is 33.2 Å². The van der Waals surface area contributed by atoms with Crippen LogP contribution in [0.3, 0.4) is 0 Å². The quantitative estimate of drug-likeness (QED) is 0.548. The number of nitrogens with zero attached hydrogens (tertiary/aromatic N) is 2. The first-order valence-corrected chi connectivity index (χ1v) is 12.0. The second kappa shape index (κ2) is 8.93. The molecule has 0 fully saturated rings. The predicted molar refractivity (Wildman–Crippen MR) is 138 cm³/mol. The van der Waals surface area contributed by atoms with Crippen LogP contribution in [-0.2, 0) is 16.1 Å². The summed E-state index contributed by atoms with van der Waals surface area (Å²) in [6, 6.07) is 9.88. The Bertz CT molecular complexity index is 1420. The summed E-state index contributed by atoms with van der Waals surface area (Å²) in [7, 11) is 4.72. The van der Waals surface area contributed by atoms with Gasteiger partial charge in [0.05, 0.1) is 39.0 Å². The van der Waals surface area contributed by atoms with Crippen molar-refractivity contribution in [2.75, 3.05) is 33.2 Å². The Morgan fingerprint density at radius 2 is 1.81 bits per heavy atom. The third-order valence-corrected chi connectivity index (χ3v) is 6.93. The summed E-state index contributed by atoms with van der Waals surface area (Å²) >= 11 is 0. The van der Waals surface area contributed by atoms with Gasteiger partial charge in [-0.2, -0.15) is 0 Å². The Kier molecular flexibility index (Phi) is 5.90. The van der Waals surface area contributed by atoms with Crippen LogP contribution in [0.4, 0.5) is 5.69 Å². The van der Waals surface area contributed by atoms with Crippen LogP contribution in [0.25, 0.3) is 10.9 Å². The van der Waals surface area contributed by atoms with Crippen molar-refractivity contribution in [1.29, 1.82) is 0 Å². The Balaban J connectivity index is 1.85. The molecule has 3 heterocycles. The van der Waals surface area contributed by atoms with Gasteiger partial charge in [-0.1, -0.05) is 26.0 Å². The number of methoxy groups -OCH3 is 3. The summed E-state index contributed by atoms with van der Waals surface area (Å²) in [6.45, 7) is 6.80. The number of anilines is 1. The highest BCUT2D eigenvalue weighted by Crippen LogP contribution is 2.51. The predicted octanol–water partition coefficient (Wildman–Crippen LogP) is 4.52. The third kappa shape index (κ3) is 3.51. The molecule has 3 aromatic rings. The average molecular weight is 490 g/mol. The SMILES string of the molecule is COc1ccc(C2C3=C(CN(C(C)=O)C3=O)Nc3cccc4c3c2cn4CC(C)C)c(OC)c1OC. The second-order valence-electron chi connectivity index (χ2n) is 9.61. The summed E-state index contributed by atoms with van der Waals surface area (Å²) in [5, 5.41) is 4.56. The van der Waals surface area contributed by atoms with Crippen molar-refractivity contribution in [3.8, 4) is 17.2 Å². The number of nitrogens with one attached hydrogen (secondary N) is 1. The zero-order chi connectivity index (χ0) is 25.7. The highest BCUT2D eigenvalue weighted by Gasteiger charge is 2.43. The van der Waals surface area contributed by atoms with E-state index < -0.39 is 5.92 Å². The van der Waals surface area contributed by atoms with Gasteiger partial charge in [-0.05, 0) is 29.7 Å². The molecule has 0 saturated heterocycles. The van der Waals surface area contributed by atoms with Crippen LogP contribution >= 0.6 is 0 Å². The van der Waals surface area contributed by atoms with Crippen LogP contribution in [0.15, 0.2) is 47.8 Å². The van der Waals surface area contributed by atoms with E-state index in [2.05, 4.69) is 36.0 Å². The van der Waals surface area contributed by atoms with E-state index in [0.29, 0.717) is 28.7 Å². The average Bonchev–Trinajstić information content (AvgIpc) is 3.32. The van der Waals surface area contributed by atoms with E-state index in [9.17, 15) is 9.59 Å². The minimum absolute atomic E-state index is 0.197. The molecule has 2 aliphatic heterocycles. The van der Waals surface area contributed by atoms with Crippen LogP contribution in [0.1, 0.15) is 37.8 Å². The van der Waals surface area contributed by atoms with Crippen molar-refractivity contribution in [3.63, 3.8) is 0 Å². The molecule has 2 amide bonds. The second-order valence-corrected chi connectivity index (χ2v) is 9.61. The van der Waals surface area contributed by atoms with Gasteiger partial charge in [0.25, 0.3) is 5.91 Å². The van der Waals surface area contributed by atoms with Gasteiger partial charge in [-0.15, -0.1) is 0 Å². The van der Waals surface area contributed by atoms with E-state index >= 15 is 0 Å². The zero-order valence-corrected chi connectivity index (χ0v) is 21.5. The topological polar surface area (TPSA) is 82.0 Å². The van der Waals surface area contributed by atoms with Gasteiger partial charge in [-0.3, -0.25) is 14.5 Å². The Labute approximate surface area is 210 Å². The molecule has 1 N–H and O–H groups in total. The van der Waals surface area contributed by atoms with E-state index in [1.807, 2.05) is 24.3 Å². The van der Waals surface area contributed by atoms with Gasteiger partial charge < -0.3 is 24.1 Å². The van der Waals surface area contributed by atoms with Crippen LogP contribution in [0.5, 0.6) is 17.2 Å². The maximum atomic E-state index is 13.8. The van der Waals surface area contributed by atoms with Crippen LogP contribution in [0, 0.1) is 5.92 Å². The standard InChI is InChI=1S/C28H31N3O5/c1-15(2)12-30-13-18-23(17-10-11-22(34-4)27(36-6)26(17)35-5)25-20(14-31(16(3)32)28(25)33)29-19-8-7-9-21(30)24(18)19/h7-11,13,15,23,29H,12,14H2,1-6H3. The highest BCUT2D eigenvalue weighted by molar-refractivity contribution is 6.11. The maximum Gasteiger partial charge on any atom is 0.259 e. The Morgan fingerprint density at radius 3 is 2.44 bits per heavy atom. The summed E-state index contributed by atoms with van der Waals surface area (Å²) < 4.78 is 19.3. The molecule has 5 rings (SSSR count). The molecule has 1 unspecified atom stereocenters. The lowest BCUT2D eigenvalue weighted by Crippen LogP contribution is -2.33. The lowest BCUT2D eigenvalue weighted by molar-refractivity contribution is -0.139. The van der Waals surface area contributed by atoms with Gasteiger partial charge in [0.2, 0.25) is 11.7 Å². The van der Waals surface area contributed by atoms with E-state index in [0.717, 1.165) is 40.0 Å². The first-order chi connectivity index (χ1) is 17.3. The molecule has 2 aliphatic rings. The van der Waals surface area contributed by atoms with Gasteiger partial charge in [-0.25, -0.2) is 0 Å². The molecule has 0 bridgehead atoms. The minimum atomic E-state index is -0.487. The maximum absolute atomic E-state index is 13.8. The van der Waals surface area contributed by atoms with Crippen LogP contribution in [0.2, 0.25) is 0 Å². The molecular weight excluding hydrogens is 458 g/mol. The molecule has 0 saturated carbocycles. The Hall–Kier alpha value is -3.94. The molecule has 8 heteroatoms. The summed E-state index contributed by atoms with van der Waals surface area (Å²) in [5.41, 5.74) is 5.00. The third-order valence-electron chi connectivity index (χ3n) is 6.93. The smallest absolute Gasteiger partial charge is 0.259 e. The fraction of sp³-hybridized carbons (Fsp3) is 0.357. The van der Waals surface area contributed by atoms with Crippen molar-refractivity contribution >= 4 is 28.4 Å². The number of hydrogen-bond donors (Lipinski definition) is 1. The fourth-order valence-corrected chi connectivity index (χ4v) is 5.49. The molecule has 0 aliphatic carbocycles. The van der Waals surface area contributed by atoms with E-state index in [-0.39, 0.29) is 18.4 Å². The zero-order valence-electron chi connectivity index (χ0n) is 21.5. The molecule has 1 aromatic heterocycles. The highest BCUT2D eigenvalue weighted by atomic mass is 16.5. The van der Waals surface area contributed by atoms with Gasteiger partial charge in [0.1, 0.15) is 0 Å². The number of hydrogen-bond acceptors (Lipinski definition) is 6. The monoisotopic (exact) mass is 489 g/mol. The number of benzene rings is 2. The van der Waals surface area contributed by atoms with E-state index in [4.69, 9.17) is 14.2 Å². The lowest BCUT2D eigenvalue weighted by Gasteiger charge is -2.23.